The lowest BCUT2D eigenvalue weighted by Gasteiger charge is -2.20. The monoisotopic (exact) mass is 439 g/mol. The van der Waals surface area contributed by atoms with E-state index in [1.54, 1.807) is 12.1 Å². The molecule has 1 aliphatic heterocycles. The van der Waals surface area contributed by atoms with E-state index < -0.39 is 23.6 Å². The number of aryl methyl sites for hydroxylation is 2. The number of hydrogen-bond donors (Lipinski definition) is 0. The molecule has 166 valence electrons. The first-order valence-electron chi connectivity index (χ1n) is 11.2. The summed E-state index contributed by atoms with van der Waals surface area (Å²) in [5.41, 5.74) is 2.52. The summed E-state index contributed by atoms with van der Waals surface area (Å²) in [5.74, 6) is -3.29. The van der Waals surface area contributed by atoms with Gasteiger partial charge in [-0.15, -0.1) is 0 Å². The molecule has 0 radical (unpaired) electrons. The maximum absolute atomic E-state index is 13.4. The molecular weight excluding hydrogens is 414 g/mol. The van der Waals surface area contributed by atoms with E-state index in [2.05, 4.69) is 0 Å². The second-order valence-electron chi connectivity index (χ2n) is 8.21. The molecule has 0 bridgehead atoms. The van der Waals surface area contributed by atoms with E-state index >= 15 is 0 Å². The van der Waals surface area contributed by atoms with Gasteiger partial charge in [0, 0.05) is 6.42 Å². The number of fused-ring (bicyclic) bond motifs is 1. The van der Waals surface area contributed by atoms with E-state index in [9.17, 15) is 19.2 Å². The van der Waals surface area contributed by atoms with Gasteiger partial charge in [0.15, 0.2) is 0 Å². The average molecular weight is 440 g/mol. The Bertz CT molecular complexity index is 1140. The molecule has 5 nitrogen and oxygen atoms in total. The average Bonchev–Trinajstić information content (AvgIpc) is 3.10. The van der Waals surface area contributed by atoms with Gasteiger partial charge >= 0.3 is 0 Å². The number of benzene rings is 3. The fraction of sp³-hybridized carbons (Fsp3) is 0.214. The summed E-state index contributed by atoms with van der Waals surface area (Å²) in [6, 6.07) is 25.8. The Morgan fingerprint density at radius 2 is 1.15 bits per heavy atom. The highest BCUT2D eigenvalue weighted by Crippen LogP contribution is 2.26. The molecule has 33 heavy (non-hydrogen) atoms. The highest BCUT2D eigenvalue weighted by atomic mass is 16.2. The molecule has 3 aromatic carbocycles. The molecule has 0 saturated carbocycles. The molecule has 1 heterocycles. The molecule has 0 aromatic heterocycles. The SMILES string of the molecule is O=C(CCCc1ccccc1)C(CCc1ccccc1)C(=O)N1C(=O)c2ccccc2C1=O. The molecule has 4 rings (SSSR count). The van der Waals surface area contributed by atoms with E-state index in [4.69, 9.17) is 0 Å². The standard InChI is InChI=1S/C28H25NO4/c30-25(17-9-14-20-10-3-1-4-11-20)24(19-18-21-12-5-2-6-13-21)28(33)29-26(31)22-15-7-8-16-23(22)27(29)32/h1-8,10-13,15-16,24H,9,14,17-19H2. The van der Waals surface area contributed by atoms with Gasteiger partial charge in [-0.05, 0) is 48.9 Å². The molecule has 1 aliphatic rings. The minimum atomic E-state index is -1.04. The number of nitrogens with zero attached hydrogens (tertiary/aromatic N) is 1. The van der Waals surface area contributed by atoms with Crippen molar-refractivity contribution in [2.45, 2.75) is 32.1 Å². The van der Waals surface area contributed by atoms with Crippen LogP contribution in [0.15, 0.2) is 84.9 Å². The smallest absolute Gasteiger partial charge is 0.268 e. The molecular formula is C28H25NO4. The summed E-state index contributed by atoms with van der Waals surface area (Å²) in [4.78, 5) is 52.9. The minimum absolute atomic E-state index is 0.203. The summed E-state index contributed by atoms with van der Waals surface area (Å²) >= 11 is 0. The van der Waals surface area contributed by atoms with Crippen LogP contribution in [0, 0.1) is 5.92 Å². The van der Waals surface area contributed by atoms with Gasteiger partial charge in [0.25, 0.3) is 11.8 Å². The summed E-state index contributed by atoms with van der Waals surface area (Å²) < 4.78 is 0. The number of carbonyl (C=O) groups excluding carboxylic acids is 4. The second kappa shape index (κ2) is 10.2. The number of Topliss-reactive ketones (excluding diaryl/α,β-unsaturated/α-hetero) is 1. The number of amides is 3. The Labute approximate surface area is 193 Å². The second-order valence-corrected chi connectivity index (χ2v) is 8.21. The Balaban J connectivity index is 1.50. The lowest BCUT2D eigenvalue weighted by Crippen LogP contribution is -2.43. The zero-order valence-electron chi connectivity index (χ0n) is 18.3. The maximum Gasteiger partial charge on any atom is 0.268 e. The third-order valence-corrected chi connectivity index (χ3v) is 6.00. The molecule has 0 aliphatic carbocycles. The van der Waals surface area contributed by atoms with Gasteiger partial charge in [-0.2, -0.15) is 0 Å². The first-order chi connectivity index (χ1) is 16.1. The molecule has 0 N–H and O–H groups in total. The Morgan fingerprint density at radius 1 is 0.667 bits per heavy atom. The molecule has 3 aromatic rings. The Hall–Kier alpha value is -3.86. The number of carbonyl (C=O) groups is 4. The van der Waals surface area contributed by atoms with E-state index in [1.807, 2.05) is 60.7 Å². The Morgan fingerprint density at radius 3 is 1.70 bits per heavy atom. The van der Waals surface area contributed by atoms with Crippen LogP contribution in [0.4, 0.5) is 0 Å². The largest absolute Gasteiger partial charge is 0.299 e. The molecule has 0 saturated heterocycles. The normalized spacial score (nSPS) is 13.6. The van der Waals surface area contributed by atoms with E-state index in [0.29, 0.717) is 17.7 Å². The van der Waals surface area contributed by atoms with Crippen LogP contribution in [0.25, 0.3) is 0 Å². The summed E-state index contributed by atoms with van der Waals surface area (Å²) in [5, 5.41) is 0. The molecule has 1 unspecified atom stereocenters. The zero-order valence-corrected chi connectivity index (χ0v) is 18.3. The quantitative estimate of drug-likeness (QED) is 0.359. The predicted molar refractivity (Wildman–Crippen MR) is 125 cm³/mol. The van der Waals surface area contributed by atoms with Crippen molar-refractivity contribution in [1.82, 2.24) is 4.90 Å². The van der Waals surface area contributed by atoms with Gasteiger partial charge in [0.1, 0.15) is 5.78 Å². The van der Waals surface area contributed by atoms with Gasteiger partial charge in [0.05, 0.1) is 17.0 Å². The predicted octanol–water partition coefficient (Wildman–Crippen LogP) is 4.65. The van der Waals surface area contributed by atoms with Crippen molar-refractivity contribution >= 4 is 23.5 Å². The molecule has 0 fully saturated rings. The van der Waals surface area contributed by atoms with Gasteiger partial charge < -0.3 is 0 Å². The lowest BCUT2D eigenvalue weighted by molar-refractivity contribution is -0.137. The van der Waals surface area contributed by atoms with Crippen LogP contribution >= 0.6 is 0 Å². The van der Waals surface area contributed by atoms with Crippen LogP contribution in [0.3, 0.4) is 0 Å². The topological polar surface area (TPSA) is 71.5 Å². The van der Waals surface area contributed by atoms with Crippen LogP contribution in [-0.2, 0) is 22.4 Å². The molecule has 5 heteroatoms. The lowest BCUT2D eigenvalue weighted by atomic mass is 9.91. The van der Waals surface area contributed by atoms with Crippen molar-refractivity contribution in [3.8, 4) is 0 Å². The number of hydrogen-bond acceptors (Lipinski definition) is 4. The van der Waals surface area contributed by atoms with E-state index in [-0.39, 0.29) is 29.8 Å². The minimum Gasteiger partial charge on any atom is -0.299 e. The van der Waals surface area contributed by atoms with Crippen molar-refractivity contribution in [2.24, 2.45) is 5.92 Å². The summed E-state index contributed by atoms with van der Waals surface area (Å²) in [7, 11) is 0. The van der Waals surface area contributed by atoms with Crippen LogP contribution < -0.4 is 0 Å². The maximum atomic E-state index is 13.4. The van der Waals surface area contributed by atoms with Gasteiger partial charge in [-0.3, -0.25) is 19.2 Å². The third kappa shape index (κ3) is 4.98. The van der Waals surface area contributed by atoms with E-state index in [0.717, 1.165) is 17.5 Å². The third-order valence-electron chi connectivity index (χ3n) is 6.00. The van der Waals surface area contributed by atoms with Crippen molar-refractivity contribution in [3.05, 3.63) is 107 Å². The molecule has 3 amide bonds. The van der Waals surface area contributed by atoms with Crippen molar-refractivity contribution in [1.29, 1.82) is 0 Å². The molecule has 1 atom stereocenters. The fourth-order valence-electron chi connectivity index (χ4n) is 4.21. The van der Waals surface area contributed by atoms with E-state index in [1.165, 1.54) is 12.1 Å². The summed E-state index contributed by atoms with van der Waals surface area (Å²) in [6.45, 7) is 0. The van der Waals surface area contributed by atoms with Crippen LogP contribution in [0.2, 0.25) is 0 Å². The fourth-order valence-corrected chi connectivity index (χ4v) is 4.21. The Kier molecular flexibility index (Phi) is 6.89. The highest BCUT2D eigenvalue weighted by molar-refractivity contribution is 6.30. The number of ketones is 1. The highest BCUT2D eigenvalue weighted by Gasteiger charge is 2.43. The van der Waals surface area contributed by atoms with Gasteiger partial charge in [0.2, 0.25) is 5.91 Å². The van der Waals surface area contributed by atoms with Crippen molar-refractivity contribution < 1.29 is 19.2 Å². The zero-order chi connectivity index (χ0) is 23.2. The van der Waals surface area contributed by atoms with Crippen LogP contribution in [-0.4, -0.2) is 28.4 Å². The van der Waals surface area contributed by atoms with Crippen molar-refractivity contribution in [2.75, 3.05) is 0 Å². The van der Waals surface area contributed by atoms with Gasteiger partial charge in [-0.1, -0.05) is 72.8 Å². The van der Waals surface area contributed by atoms with Crippen molar-refractivity contribution in [3.63, 3.8) is 0 Å². The van der Waals surface area contributed by atoms with Gasteiger partial charge in [-0.25, -0.2) is 4.90 Å². The number of imide groups is 3. The first-order valence-corrected chi connectivity index (χ1v) is 11.2. The first kappa shape index (κ1) is 22.3. The number of rotatable bonds is 9. The summed E-state index contributed by atoms with van der Waals surface area (Å²) in [6.07, 6.45) is 2.29. The van der Waals surface area contributed by atoms with Crippen LogP contribution in [0.1, 0.15) is 51.1 Å². The van der Waals surface area contributed by atoms with Crippen LogP contribution in [0.5, 0.6) is 0 Å². The molecule has 0 spiro atoms.